The molecule has 1 amide bonds. The molecule has 200 valence electrons. The van der Waals surface area contributed by atoms with Gasteiger partial charge in [0, 0.05) is 32.3 Å². The van der Waals surface area contributed by atoms with E-state index in [4.69, 9.17) is 9.47 Å². The number of benzene rings is 3. The first-order chi connectivity index (χ1) is 18.5. The maximum Gasteiger partial charge on any atom is 0.312 e. The molecule has 2 fully saturated rings. The Kier molecular flexibility index (Phi) is 8.10. The molecule has 3 aromatic rings. The third-order valence-electron chi connectivity index (χ3n) is 8.35. The standard InChI is InChI=1S/C32H38N2O4/c1-23(28-11-5-9-25-8-3-4-10-29(25)28)33-18-6-7-24-12-14-27(15-13-24)32(16-19-38-20-17-32)31(36)34-21-26(22-34)30(35)37-2/h3-5,8-15,23,26,33H,6-7,16-22H2,1-2H3. The molecule has 0 aliphatic carbocycles. The number of likely N-dealkylation sites (tertiary alicyclic amines) is 1. The molecule has 6 heteroatoms. The quantitative estimate of drug-likeness (QED) is 0.328. The molecule has 38 heavy (non-hydrogen) atoms. The number of hydrogen-bond acceptors (Lipinski definition) is 5. The number of carbonyl (C=O) groups is 2. The molecular formula is C32H38N2O4. The van der Waals surface area contributed by atoms with Crippen molar-refractivity contribution in [1.29, 1.82) is 0 Å². The fourth-order valence-electron chi connectivity index (χ4n) is 5.95. The summed E-state index contributed by atoms with van der Waals surface area (Å²) in [7, 11) is 1.40. The van der Waals surface area contributed by atoms with Crippen LogP contribution in [0.3, 0.4) is 0 Å². The molecule has 0 saturated carbocycles. The highest BCUT2D eigenvalue weighted by atomic mass is 16.5. The van der Waals surface area contributed by atoms with E-state index >= 15 is 0 Å². The van der Waals surface area contributed by atoms with Crippen LogP contribution in [0.4, 0.5) is 0 Å². The van der Waals surface area contributed by atoms with Crippen molar-refractivity contribution in [2.24, 2.45) is 5.92 Å². The van der Waals surface area contributed by atoms with Crippen molar-refractivity contribution < 1.29 is 19.1 Å². The lowest BCUT2D eigenvalue weighted by atomic mass is 9.72. The first-order valence-electron chi connectivity index (χ1n) is 13.8. The summed E-state index contributed by atoms with van der Waals surface area (Å²) in [5.41, 5.74) is 3.09. The Morgan fingerprint density at radius 1 is 1.03 bits per heavy atom. The van der Waals surface area contributed by atoms with Crippen LogP contribution in [-0.4, -0.2) is 56.7 Å². The smallest absolute Gasteiger partial charge is 0.312 e. The second kappa shape index (κ2) is 11.7. The third kappa shape index (κ3) is 5.33. The first-order valence-corrected chi connectivity index (χ1v) is 13.8. The van der Waals surface area contributed by atoms with Crippen LogP contribution in [0.5, 0.6) is 0 Å². The van der Waals surface area contributed by atoms with E-state index in [2.05, 4.69) is 79.0 Å². The van der Waals surface area contributed by atoms with Gasteiger partial charge in [0.05, 0.1) is 18.4 Å². The highest BCUT2D eigenvalue weighted by Gasteiger charge is 2.48. The number of nitrogens with zero attached hydrogens (tertiary/aromatic N) is 1. The fourth-order valence-corrected chi connectivity index (χ4v) is 5.95. The summed E-state index contributed by atoms with van der Waals surface area (Å²) in [6.07, 6.45) is 3.35. The number of carbonyl (C=O) groups excluding carboxylic acids is 2. The van der Waals surface area contributed by atoms with Gasteiger partial charge < -0.3 is 19.7 Å². The topological polar surface area (TPSA) is 67.9 Å². The average molecular weight is 515 g/mol. The lowest BCUT2D eigenvalue weighted by Gasteiger charge is -2.45. The molecule has 2 aliphatic heterocycles. The van der Waals surface area contributed by atoms with Crippen molar-refractivity contribution in [3.05, 3.63) is 83.4 Å². The van der Waals surface area contributed by atoms with Crippen molar-refractivity contribution in [1.82, 2.24) is 10.2 Å². The Hall–Kier alpha value is -3.22. The number of hydrogen-bond donors (Lipinski definition) is 1. The van der Waals surface area contributed by atoms with Crippen LogP contribution in [-0.2, 0) is 30.9 Å². The summed E-state index contributed by atoms with van der Waals surface area (Å²) >= 11 is 0. The van der Waals surface area contributed by atoms with E-state index in [0.717, 1.165) is 24.9 Å². The number of esters is 1. The molecule has 3 aromatic carbocycles. The van der Waals surface area contributed by atoms with E-state index in [1.54, 1.807) is 0 Å². The second-order valence-corrected chi connectivity index (χ2v) is 10.7. The summed E-state index contributed by atoms with van der Waals surface area (Å²) in [5, 5.41) is 6.27. The molecule has 0 bridgehead atoms. The van der Waals surface area contributed by atoms with Crippen LogP contribution in [0.2, 0.25) is 0 Å². The summed E-state index contributed by atoms with van der Waals surface area (Å²) < 4.78 is 10.5. The van der Waals surface area contributed by atoms with E-state index in [0.29, 0.717) is 39.1 Å². The van der Waals surface area contributed by atoms with Crippen LogP contribution in [0.15, 0.2) is 66.7 Å². The Morgan fingerprint density at radius 2 is 1.74 bits per heavy atom. The molecule has 2 heterocycles. The summed E-state index contributed by atoms with van der Waals surface area (Å²) in [6.45, 7) is 5.19. The average Bonchev–Trinajstić information content (AvgIpc) is 2.94. The van der Waals surface area contributed by atoms with Crippen molar-refractivity contribution in [2.45, 2.75) is 44.1 Å². The number of amides is 1. The number of aryl methyl sites for hydroxylation is 1. The van der Waals surface area contributed by atoms with E-state index < -0.39 is 5.41 Å². The highest BCUT2D eigenvalue weighted by Crippen LogP contribution is 2.39. The van der Waals surface area contributed by atoms with Gasteiger partial charge in [-0.1, -0.05) is 66.7 Å². The minimum absolute atomic E-state index is 0.111. The molecule has 6 nitrogen and oxygen atoms in total. The van der Waals surface area contributed by atoms with Gasteiger partial charge in [-0.3, -0.25) is 9.59 Å². The molecule has 1 N–H and O–H groups in total. The van der Waals surface area contributed by atoms with Crippen molar-refractivity contribution >= 4 is 22.6 Å². The summed E-state index contributed by atoms with van der Waals surface area (Å²) in [6, 6.07) is 23.9. The summed E-state index contributed by atoms with van der Waals surface area (Å²) in [5.74, 6) is -0.332. The predicted molar refractivity (Wildman–Crippen MR) is 149 cm³/mol. The van der Waals surface area contributed by atoms with Gasteiger partial charge in [-0.05, 0) is 66.6 Å². The predicted octanol–water partition coefficient (Wildman–Crippen LogP) is 4.80. The normalized spacial score (nSPS) is 18.1. The van der Waals surface area contributed by atoms with Gasteiger partial charge in [0.25, 0.3) is 0 Å². The molecule has 5 rings (SSSR count). The Bertz CT molecular complexity index is 1250. The van der Waals surface area contributed by atoms with E-state index in [-0.39, 0.29) is 23.8 Å². The second-order valence-electron chi connectivity index (χ2n) is 10.7. The Labute approximate surface area is 225 Å². The van der Waals surface area contributed by atoms with Crippen LogP contribution in [0, 0.1) is 5.92 Å². The zero-order valence-corrected chi connectivity index (χ0v) is 22.4. The molecular weight excluding hydrogens is 476 g/mol. The maximum absolute atomic E-state index is 13.6. The van der Waals surface area contributed by atoms with Crippen molar-refractivity contribution in [2.75, 3.05) is 40.0 Å². The third-order valence-corrected chi connectivity index (χ3v) is 8.35. The van der Waals surface area contributed by atoms with Crippen molar-refractivity contribution in [3.63, 3.8) is 0 Å². The lowest BCUT2D eigenvalue weighted by Crippen LogP contribution is -2.59. The maximum atomic E-state index is 13.6. The largest absolute Gasteiger partial charge is 0.469 e. The van der Waals surface area contributed by atoms with Crippen LogP contribution in [0.25, 0.3) is 10.8 Å². The molecule has 1 atom stereocenters. The van der Waals surface area contributed by atoms with Crippen LogP contribution >= 0.6 is 0 Å². The van der Waals surface area contributed by atoms with Gasteiger partial charge in [-0.15, -0.1) is 0 Å². The minimum Gasteiger partial charge on any atom is -0.469 e. The molecule has 0 aromatic heterocycles. The van der Waals surface area contributed by atoms with Crippen LogP contribution in [0.1, 0.15) is 48.9 Å². The number of methoxy groups -OCH3 is 1. The molecule has 0 radical (unpaired) electrons. The van der Waals surface area contributed by atoms with E-state index in [1.165, 1.54) is 29.0 Å². The Morgan fingerprint density at radius 3 is 2.47 bits per heavy atom. The zero-order valence-electron chi connectivity index (χ0n) is 22.4. The fraction of sp³-hybridized carbons (Fsp3) is 0.438. The van der Waals surface area contributed by atoms with E-state index in [1.807, 2.05) is 4.90 Å². The number of rotatable bonds is 9. The van der Waals surface area contributed by atoms with Gasteiger partial charge in [-0.25, -0.2) is 0 Å². The van der Waals surface area contributed by atoms with Gasteiger partial charge in [-0.2, -0.15) is 0 Å². The molecule has 0 spiro atoms. The monoisotopic (exact) mass is 514 g/mol. The minimum atomic E-state index is -0.576. The lowest BCUT2D eigenvalue weighted by molar-refractivity contribution is -0.159. The van der Waals surface area contributed by atoms with Gasteiger partial charge in [0.1, 0.15) is 0 Å². The summed E-state index contributed by atoms with van der Waals surface area (Å²) in [4.78, 5) is 27.2. The molecule has 2 saturated heterocycles. The Balaban J connectivity index is 1.17. The van der Waals surface area contributed by atoms with Crippen molar-refractivity contribution in [3.8, 4) is 0 Å². The zero-order chi connectivity index (χ0) is 26.5. The molecule has 1 unspecified atom stereocenters. The van der Waals surface area contributed by atoms with Crippen LogP contribution < -0.4 is 5.32 Å². The van der Waals surface area contributed by atoms with E-state index in [9.17, 15) is 9.59 Å². The molecule has 2 aliphatic rings. The number of ether oxygens (including phenoxy) is 2. The highest BCUT2D eigenvalue weighted by molar-refractivity contribution is 5.90. The van der Waals surface area contributed by atoms with Gasteiger partial charge >= 0.3 is 5.97 Å². The van der Waals surface area contributed by atoms with Gasteiger partial charge in [0.15, 0.2) is 0 Å². The first kappa shape index (κ1) is 26.4. The number of fused-ring (bicyclic) bond motifs is 1. The van der Waals surface area contributed by atoms with Gasteiger partial charge in [0.2, 0.25) is 5.91 Å². The number of nitrogens with one attached hydrogen (secondary N) is 1. The SMILES string of the molecule is COC(=O)C1CN(C(=O)C2(c3ccc(CCCNC(C)c4cccc5ccccc45)cc3)CCOCC2)C1.